The fraction of sp³-hybridized carbons (Fsp3) is 0.400. The molecule has 5 nitrogen and oxygen atoms in total. The lowest BCUT2D eigenvalue weighted by Crippen LogP contribution is -2.37. The van der Waals surface area contributed by atoms with E-state index in [0.29, 0.717) is 13.2 Å². The number of ether oxygens (including phenoxy) is 2. The van der Waals surface area contributed by atoms with Crippen molar-refractivity contribution in [2.45, 2.75) is 12.2 Å². The molecule has 2 unspecified atom stereocenters. The van der Waals surface area contributed by atoms with Crippen LogP contribution >= 0.6 is 0 Å². The summed E-state index contributed by atoms with van der Waals surface area (Å²) < 4.78 is 10.9. The normalized spacial score (nSPS) is 30.0. The van der Waals surface area contributed by atoms with Crippen LogP contribution in [0.3, 0.4) is 0 Å². The smallest absolute Gasteiger partial charge is 0.235 e. The Morgan fingerprint density at radius 1 is 1.40 bits per heavy atom. The number of allylic oxidation sites excluding steroid dienone is 3. The lowest BCUT2D eigenvalue weighted by Gasteiger charge is -2.30. The molecule has 1 fully saturated rings. The fourth-order valence-corrected chi connectivity index (χ4v) is 1.58. The van der Waals surface area contributed by atoms with E-state index in [4.69, 9.17) is 9.47 Å². The molecule has 2 rings (SSSR count). The summed E-state index contributed by atoms with van der Waals surface area (Å²) in [6.07, 6.45) is 7.70. The Hall–Kier alpha value is -1.46. The molecule has 2 atom stereocenters. The Morgan fingerprint density at radius 2 is 2.13 bits per heavy atom. The topological polar surface area (TPSA) is 61.6 Å². The Labute approximate surface area is 86.8 Å². The number of fused-ring (bicyclic) bond motifs is 1. The van der Waals surface area contributed by atoms with Gasteiger partial charge in [0.25, 0.3) is 0 Å². The second-order valence-electron chi connectivity index (χ2n) is 3.30. The zero-order valence-electron chi connectivity index (χ0n) is 8.04. The van der Waals surface area contributed by atoms with Crippen molar-refractivity contribution in [2.24, 2.45) is 0 Å². The molecule has 1 aliphatic heterocycles. The Kier molecular flexibility index (Phi) is 2.94. The summed E-state index contributed by atoms with van der Waals surface area (Å²) in [5.41, 5.74) is 0.776. The van der Waals surface area contributed by atoms with E-state index in [1.807, 2.05) is 12.2 Å². The van der Waals surface area contributed by atoms with E-state index in [-0.39, 0.29) is 12.2 Å². The maximum absolute atomic E-state index is 10.1. The van der Waals surface area contributed by atoms with Gasteiger partial charge in [-0.05, 0) is 11.6 Å². The van der Waals surface area contributed by atoms with Crippen LogP contribution in [0.4, 0.5) is 0 Å². The molecule has 1 aliphatic carbocycles. The van der Waals surface area contributed by atoms with Crippen molar-refractivity contribution in [1.82, 2.24) is 0 Å². The summed E-state index contributed by atoms with van der Waals surface area (Å²) in [4.78, 5) is 9.65. The van der Waals surface area contributed by atoms with Gasteiger partial charge in [0.15, 0.2) is 0 Å². The molecule has 1 saturated heterocycles. The third-order valence-corrected chi connectivity index (χ3v) is 2.25. The Morgan fingerprint density at radius 3 is 2.87 bits per heavy atom. The largest absolute Gasteiger partial charge is 0.369 e. The van der Waals surface area contributed by atoms with Crippen LogP contribution in [-0.2, 0) is 9.47 Å². The molecule has 0 spiro atoms. The van der Waals surface area contributed by atoms with Gasteiger partial charge >= 0.3 is 0 Å². The predicted molar refractivity (Wildman–Crippen MR) is 52.8 cm³/mol. The lowest BCUT2D eigenvalue weighted by atomic mass is 10.0. The zero-order valence-corrected chi connectivity index (χ0v) is 8.04. The molecule has 0 aromatic carbocycles. The number of nitro groups is 1. The van der Waals surface area contributed by atoms with Gasteiger partial charge in [-0.15, -0.1) is 0 Å². The molecule has 0 N–H and O–H groups in total. The molecule has 2 aliphatic rings. The summed E-state index contributed by atoms with van der Waals surface area (Å²) in [5, 5.41) is 10.1. The minimum Gasteiger partial charge on any atom is -0.369 e. The summed E-state index contributed by atoms with van der Waals surface area (Å²) in [5.74, 6) is 0. The van der Waals surface area contributed by atoms with Crippen molar-refractivity contribution in [3.63, 3.8) is 0 Å². The monoisotopic (exact) mass is 209 g/mol. The Bertz CT molecular complexity index is 345. The van der Waals surface area contributed by atoms with Crippen molar-refractivity contribution in [3.05, 3.63) is 46.2 Å². The van der Waals surface area contributed by atoms with Crippen LogP contribution in [0.15, 0.2) is 36.1 Å². The van der Waals surface area contributed by atoms with Gasteiger partial charge in [-0.2, -0.15) is 0 Å². The van der Waals surface area contributed by atoms with Crippen molar-refractivity contribution in [1.29, 1.82) is 0 Å². The number of rotatable bonds is 2. The standard InChI is InChI=1S/C10H11NO4/c12-11(13)4-3-8-1-2-9-10(7-8)15-6-5-14-9/h1-4,7,9-10H,5-6H2/b4-3+. The molecule has 15 heavy (non-hydrogen) atoms. The molecule has 0 aromatic rings. The van der Waals surface area contributed by atoms with E-state index in [0.717, 1.165) is 11.8 Å². The highest BCUT2D eigenvalue weighted by atomic mass is 16.6. The van der Waals surface area contributed by atoms with Crippen LogP contribution in [0, 0.1) is 10.1 Å². The van der Waals surface area contributed by atoms with Gasteiger partial charge in [-0.1, -0.05) is 12.2 Å². The van der Waals surface area contributed by atoms with E-state index >= 15 is 0 Å². The summed E-state index contributed by atoms with van der Waals surface area (Å²) in [7, 11) is 0. The van der Waals surface area contributed by atoms with Gasteiger partial charge in [0.05, 0.1) is 18.1 Å². The number of hydrogen-bond acceptors (Lipinski definition) is 4. The maximum Gasteiger partial charge on any atom is 0.235 e. The highest BCUT2D eigenvalue weighted by molar-refractivity contribution is 5.35. The first-order valence-corrected chi connectivity index (χ1v) is 4.70. The molecule has 1 heterocycles. The molecule has 0 amide bonds. The number of hydrogen-bond donors (Lipinski definition) is 0. The Balaban J connectivity index is 2.06. The first kappa shape index (κ1) is 10.1. The van der Waals surface area contributed by atoms with Crippen LogP contribution < -0.4 is 0 Å². The third kappa shape index (κ3) is 2.51. The molecular formula is C10H11NO4. The fourth-order valence-electron chi connectivity index (χ4n) is 1.58. The van der Waals surface area contributed by atoms with Crippen molar-refractivity contribution < 1.29 is 14.4 Å². The second kappa shape index (κ2) is 4.37. The molecule has 5 heteroatoms. The van der Waals surface area contributed by atoms with Gasteiger partial charge in [-0.25, -0.2) is 0 Å². The summed E-state index contributed by atoms with van der Waals surface area (Å²) >= 11 is 0. The summed E-state index contributed by atoms with van der Waals surface area (Å²) in [6, 6.07) is 0. The zero-order chi connectivity index (χ0) is 10.7. The van der Waals surface area contributed by atoms with Gasteiger partial charge in [-0.3, -0.25) is 10.1 Å². The molecular weight excluding hydrogens is 198 g/mol. The second-order valence-corrected chi connectivity index (χ2v) is 3.30. The van der Waals surface area contributed by atoms with Crippen molar-refractivity contribution in [2.75, 3.05) is 13.2 Å². The summed E-state index contributed by atoms with van der Waals surface area (Å²) in [6.45, 7) is 1.16. The minimum absolute atomic E-state index is 0.0495. The van der Waals surface area contributed by atoms with Crippen molar-refractivity contribution in [3.8, 4) is 0 Å². The highest BCUT2D eigenvalue weighted by Gasteiger charge is 2.25. The first-order chi connectivity index (χ1) is 7.25. The molecule has 80 valence electrons. The molecule has 0 bridgehead atoms. The van der Waals surface area contributed by atoms with Gasteiger partial charge < -0.3 is 9.47 Å². The molecule has 0 radical (unpaired) electrons. The van der Waals surface area contributed by atoms with E-state index in [1.54, 1.807) is 6.08 Å². The SMILES string of the molecule is O=[N+]([O-])/C=C/C1=CC2OCCOC2C=C1. The average Bonchev–Trinajstić information content (AvgIpc) is 2.26. The highest BCUT2D eigenvalue weighted by Crippen LogP contribution is 2.20. The lowest BCUT2D eigenvalue weighted by molar-refractivity contribution is -0.402. The van der Waals surface area contributed by atoms with Crippen LogP contribution in [0.25, 0.3) is 0 Å². The quantitative estimate of drug-likeness (QED) is 0.504. The number of nitrogens with zero attached hydrogens (tertiary/aromatic N) is 1. The van der Waals surface area contributed by atoms with Crippen LogP contribution in [0.5, 0.6) is 0 Å². The minimum atomic E-state index is -0.487. The van der Waals surface area contributed by atoms with E-state index < -0.39 is 4.92 Å². The van der Waals surface area contributed by atoms with Gasteiger partial charge in [0, 0.05) is 6.08 Å². The van der Waals surface area contributed by atoms with Crippen LogP contribution in [-0.4, -0.2) is 30.3 Å². The van der Waals surface area contributed by atoms with Gasteiger partial charge in [0.2, 0.25) is 6.20 Å². The third-order valence-electron chi connectivity index (χ3n) is 2.25. The average molecular weight is 209 g/mol. The first-order valence-electron chi connectivity index (χ1n) is 4.70. The van der Waals surface area contributed by atoms with E-state index in [1.165, 1.54) is 6.08 Å². The van der Waals surface area contributed by atoms with Crippen molar-refractivity contribution >= 4 is 0 Å². The van der Waals surface area contributed by atoms with Crippen LogP contribution in [0.1, 0.15) is 0 Å². The van der Waals surface area contributed by atoms with E-state index in [9.17, 15) is 10.1 Å². The van der Waals surface area contributed by atoms with Gasteiger partial charge in [0.1, 0.15) is 12.2 Å². The maximum atomic E-state index is 10.1. The van der Waals surface area contributed by atoms with E-state index in [2.05, 4.69) is 0 Å². The predicted octanol–water partition coefficient (Wildman–Crippen LogP) is 1.06. The molecule has 0 saturated carbocycles. The van der Waals surface area contributed by atoms with Crippen LogP contribution in [0.2, 0.25) is 0 Å². The molecule has 0 aromatic heterocycles.